The van der Waals surface area contributed by atoms with Crippen LogP contribution in [-0.4, -0.2) is 30.3 Å². The van der Waals surface area contributed by atoms with Crippen LogP contribution in [0.25, 0.3) is 0 Å². The number of rotatable bonds is 8. The number of hydrogen-bond acceptors (Lipinski definition) is 5. The Balaban J connectivity index is 1.51. The number of carbonyl (C=O) groups is 2. The van der Waals surface area contributed by atoms with Crippen molar-refractivity contribution in [3.8, 4) is 17.2 Å². The summed E-state index contributed by atoms with van der Waals surface area (Å²) in [6, 6.07) is 11.5. The highest BCUT2D eigenvalue weighted by molar-refractivity contribution is 6.00. The fraction of sp³-hybridized carbons (Fsp3) is 0.462. The number of Topliss-reactive ketones (excluding diaryl/α,β-unsaturated/α-hetero) is 1. The third kappa shape index (κ3) is 4.90. The van der Waals surface area contributed by atoms with Gasteiger partial charge in [0, 0.05) is 18.4 Å². The second-order valence-corrected chi connectivity index (χ2v) is 8.90. The second-order valence-electron chi connectivity index (χ2n) is 8.90. The fourth-order valence-corrected chi connectivity index (χ4v) is 4.67. The maximum absolute atomic E-state index is 13.2. The van der Waals surface area contributed by atoms with Crippen LogP contribution in [0.5, 0.6) is 17.2 Å². The molecule has 0 radical (unpaired) electrons. The van der Waals surface area contributed by atoms with E-state index in [1.165, 1.54) is 11.1 Å². The number of aliphatic carboxylic acids is 1. The average molecular weight is 439 g/mol. The molecule has 2 aliphatic rings. The number of hydrogen-bond donors (Lipinski definition) is 1. The molecular formula is C26H30O6. The summed E-state index contributed by atoms with van der Waals surface area (Å²) >= 11 is 0. The molecule has 0 amide bonds. The lowest BCUT2D eigenvalue weighted by Crippen LogP contribution is -2.33. The molecule has 1 heterocycles. The van der Waals surface area contributed by atoms with Crippen molar-refractivity contribution in [3.05, 3.63) is 53.1 Å². The van der Waals surface area contributed by atoms with Gasteiger partial charge in [0.05, 0.1) is 12.0 Å². The van der Waals surface area contributed by atoms with E-state index in [9.17, 15) is 14.7 Å². The molecule has 2 aromatic rings. The number of ketones is 1. The zero-order valence-corrected chi connectivity index (χ0v) is 18.5. The summed E-state index contributed by atoms with van der Waals surface area (Å²) in [4.78, 5) is 25.3. The average Bonchev–Trinajstić information content (AvgIpc) is 3.12. The zero-order chi connectivity index (χ0) is 22.6. The molecule has 1 saturated carbocycles. The number of carboxylic acid groups (broad SMARTS) is 1. The Labute approximate surface area is 188 Å². The molecule has 6 heteroatoms. The van der Waals surface area contributed by atoms with E-state index < -0.39 is 11.4 Å². The number of carboxylic acids is 1. The first kappa shape index (κ1) is 22.2. The first-order chi connectivity index (χ1) is 15.5. The molecule has 1 aliphatic heterocycles. The van der Waals surface area contributed by atoms with Crippen molar-refractivity contribution >= 4 is 11.8 Å². The van der Waals surface area contributed by atoms with Crippen LogP contribution in [0.2, 0.25) is 0 Å². The van der Waals surface area contributed by atoms with E-state index >= 15 is 0 Å². The third-order valence-corrected chi connectivity index (χ3v) is 6.50. The first-order valence-electron chi connectivity index (χ1n) is 11.4. The van der Waals surface area contributed by atoms with E-state index in [4.69, 9.17) is 14.2 Å². The Morgan fingerprint density at radius 1 is 1.06 bits per heavy atom. The Hall–Kier alpha value is -3.02. The third-order valence-electron chi connectivity index (χ3n) is 6.50. The maximum atomic E-state index is 13.2. The van der Waals surface area contributed by atoms with Crippen LogP contribution in [0.3, 0.4) is 0 Å². The summed E-state index contributed by atoms with van der Waals surface area (Å²) in [6.07, 6.45) is 5.51. The predicted octanol–water partition coefficient (Wildman–Crippen LogP) is 5.34. The minimum atomic E-state index is -0.990. The largest absolute Gasteiger partial charge is 0.489 e. The summed E-state index contributed by atoms with van der Waals surface area (Å²) in [5, 5.41) is 9.94. The lowest BCUT2D eigenvalue weighted by atomic mass is 9.75. The minimum absolute atomic E-state index is 0.00922. The number of aryl methyl sites for hydroxylation is 1. The van der Waals surface area contributed by atoms with Gasteiger partial charge in [0.1, 0.15) is 0 Å². The summed E-state index contributed by atoms with van der Waals surface area (Å²) in [5.74, 6) is 0.348. The van der Waals surface area contributed by atoms with Gasteiger partial charge in [-0.05, 0) is 37.5 Å². The predicted molar refractivity (Wildman–Crippen MR) is 120 cm³/mol. The Kier molecular flexibility index (Phi) is 6.68. The standard InChI is InChI=1S/C26H30O6/c1-18-7-6-8-19(13-18)9-12-30-22-14-20(15-23-24(22)32-17-31-23)21(27)16-26(25(28)29)10-4-2-3-5-11-26/h6-8,13-15H,2-5,9-12,16-17H2,1H3,(H,28,29). The Bertz CT molecular complexity index is 988. The van der Waals surface area contributed by atoms with Crippen LogP contribution in [0, 0.1) is 12.3 Å². The summed E-state index contributed by atoms with van der Waals surface area (Å²) < 4.78 is 17.1. The van der Waals surface area contributed by atoms with Gasteiger partial charge < -0.3 is 19.3 Å². The highest BCUT2D eigenvalue weighted by atomic mass is 16.7. The van der Waals surface area contributed by atoms with Gasteiger partial charge in [-0.25, -0.2) is 0 Å². The monoisotopic (exact) mass is 438 g/mol. The molecule has 4 rings (SSSR count). The second kappa shape index (κ2) is 9.63. The van der Waals surface area contributed by atoms with E-state index in [1.807, 2.05) is 6.07 Å². The van der Waals surface area contributed by atoms with E-state index in [2.05, 4.69) is 25.1 Å². The SMILES string of the molecule is Cc1cccc(CCOc2cc(C(=O)CC3(C(=O)O)CCCCCC3)cc3c2OCO3)c1. The molecule has 0 unspecified atom stereocenters. The number of benzene rings is 2. The summed E-state index contributed by atoms with van der Waals surface area (Å²) in [7, 11) is 0. The molecule has 0 spiro atoms. The van der Waals surface area contributed by atoms with Crippen LogP contribution >= 0.6 is 0 Å². The maximum Gasteiger partial charge on any atom is 0.310 e. The molecule has 32 heavy (non-hydrogen) atoms. The molecular weight excluding hydrogens is 408 g/mol. The van der Waals surface area contributed by atoms with Gasteiger partial charge in [-0.3, -0.25) is 9.59 Å². The van der Waals surface area contributed by atoms with Crippen molar-refractivity contribution in [2.45, 2.75) is 58.3 Å². The van der Waals surface area contributed by atoms with Crippen LogP contribution in [-0.2, 0) is 11.2 Å². The van der Waals surface area contributed by atoms with Gasteiger partial charge in [-0.15, -0.1) is 0 Å². The van der Waals surface area contributed by atoms with Crippen LogP contribution < -0.4 is 14.2 Å². The van der Waals surface area contributed by atoms with E-state index in [1.54, 1.807) is 12.1 Å². The number of ether oxygens (including phenoxy) is 3. The smallest absolute Gasteiger partial charge is 0.310 e. The lowest BCUT2D eigenvalue weighted by molar-refractivity contribution is -0.149. The topological polar surface area (TPSA) is 82.1 Å². The number of fused-ring (bicyclic) bond motifs is 1. The first-order valence-corrected chi connectivity index (χ1v) is 11.4. The van der Waals surface area contributed by atoms with Gasteiger partial charge in [-0.1, -0.05) is 55.5 Å². The minimum Gasteiger partial charge on any atom is -0.489 e. The fourth-order valence-electron chi connectivity index (χ4n) is 4.67. The van der Waals surface area contributed by atoms with Crippen LogP contribution in [0.15, 0.2) is 36.4 Å². The zero-order valence-electron chi connectivity index (χ0n) is 18.5. The van der Waals surface area contributed by atoms with Crippen molar-refractivity contribution in [3.63, 3.8) is 0 Å². The molecule has 170 valence electrons. The highest BCUT2D eigenvalue weighted by Crippen LogP contribution is 2.44. The Morgan fingerprint density at radius 2 is 1.84 bits per heavy atom. The summed E-state index contributed by atoms with van der Waals surface area (Å²) in [5.41, 5.74) is 1.78. The van der Waals surface area contributed by atoms with Crippen molar-refractivity contribution in [1.82, 2.24) is 0 Å². The molecule has 0 atom stereocenters. The highest BCUT2D eigenvalue weighted by Gasteiger charge is 2.41. The van der Waals surface area contributed by atoms with Crippen molar-refractivity contribution in [1.29, 1.82) is 0 Å². The molecule has 2 aromatic carbocycles. The van der Waals surface area contributed by atoms with Gasteiger partial charge in [0.2, 0.25) is 12.5 Å². The van der Waals surface area contributed by atoms with Gasteiger partial charge >= 0.3 is 5.97 Å². The van der Waals surface area contributed by atoms with Crippen LogP contribution in [0.1, 0.15) is 66.4 Å². The number of carbonyl (C=O) groups excluding carboxylic acids is 1. The van der Waals surface area contributed by atoms with Crippen molar-refractivity contribution in [2.24, 2.45) is 5.41 Å². The van der Waals surface area contributed by atoms with E-state index in [-0.39, 0.29) is 19.0 Å². The molecule has 1 aliphatic carbocycles. The molecule has 1 N–H and O–H groups in total. The lowest BCUT2D eigenvalue weighted by Gasteiger charge is -2.27. The van der Waals surface area contributed by atoms with Gasteiger partial charge in [0.15, 0.2) is 17.3 Å². The molecule has 6 nitrogen and oxygen atoms in total. The summed E-state index contributed by atoms with van der Waals surface area (Å²) in [6.45, 7) is 2.55. The van der Waals surface area contributed by atoms with E-state index in [0.29, 0.717) is 42.3 Å². The molecule has 0 saturated heterocycles. The Morgan fingerprint density at radius 3 is 2.56 bits per heavy atom. The van der Waals surface area contributed by atoms with Crippen LogP contribution in [0.4, 0.5) is 0 Å². The van der Waals surface area contributed by atoms with Crippen molar-refractivity contribution < 1.29 is 28.9 Å². The van der Waals surface area contributed by atoms with Crippen molar-refractivity contribution in [2.75, 3.05) is 13.4 Å². The molecule has 1 fully saturated rings. The van der Waals surface area contributed by atoms with E-state index in [0.717, 1.165) is 32.1 Å². The van der Waals surface area contributed by atoms with Gasteiger partial charge in [-0.2, -0.15) is 0 Å². The molecule has 0 bridgehead atoms. The van der Waals surface area contributed by atoms with Gasteiger partial charge in [0.25, 0.3) is 0 Å². The normalized spacial score (nSPS) is 16.9. The quantitative estimate of drug-likeness (QED) is 0.442. The molecule has 0 aromatic heterocycles.